The number of guanidine groups is 1. The summed E-state index contributed by atoms with van der Waals surface area (Å²) in [6.07, 6.45) is 6.35. The number of nitrogens with one attached hydrogen (secondary N) is 1. The van der Waals surface area contributed by atoms with E-state index in [1.807, 2.05) is 18.2 Å². The SMILES string of the molecule is CCOC(CCN=C(N)Nc1cc(OC)ccc1OC)C1CCCC1. The number of methoxy groups -OCH3 is 2. The summed E-state index contributed by atoms with van der Waals surface area (Å²) in [5.74, 6) is 2.46. The van der Waals surface area contributed by atoms with Gasteiger partial charge in [0.1, 0.15) is 11.5 Å². The zero-order chi connectivity index (χ0) is 18.1. The predicted molar refractivity (Wildman–Crippen MR) is 102 cm³/mol. The molecule has 3 N–H and O–H groups in total. The molecule has 0 bridgehead atoms. The van der Waals surface area contributed by atoms with E-state index in [-0.39, 0.29) is 6.10 Å². The molecule has 0 aromatic heterocycles. The van der Waals surface area contributed by atoms with Gasteiger partial charge in [-0.2, -0.15) is 0 Å². The lowest BCUT2D eigenvalue weighted by Crippen LogP contribution is -2.26. The average molecular weight is 349 g/mol. The maximum absolute atomic E-state index is 6.04. The van der Waals surface area contributed by atoms with Crippen LogP contribution in [0.2, 0.25) is 0 Å². The molecule has 1 saturated carbocycles. The molecule has 0 amide bonds. The molecule has 6 nitrogen and oxygen atoms in total. The normalized spacial score (nSPS) is 16.7. The highest BCUT2D eigenvalue weighted by atomic mass is 16.5. The first-order chi connectivity index (χ1) is 12.2. The molecule has 1 fully saturated rings. The van der Waals surface area contributed by atoms with Crippen molar-refractivity contribution in [1.82, 2.24) is 0 Å². The quantitative estimate of drug-likeness (QED) is 0.528. The van der Waals surface area contributed by atoms with Gasteiger partial charge in [0.2, 0.25) is 0 Å². The van der Waals surface area contributed by atoms with Gasteiger partial charge in [0.25, 0.3) is 0 Å². The lowest BCUT2D eigenvalue weighted by atomic mass is 9.98. The maximum Gasteiger partial charge on any atom is 0.193 e. The Morgan fingerprint density at radius 1 is 1.28 bits per heavy atom. The number of aliphatic imine (C=N–C) groups is 1. The molecule has 2 rings (SSSR count). The molecule has 1 aromatic rings. The van der Waals surface area contributed by atoms with Crippen molar-refractivity contribution < 1.29 is 14.2 Å². The Bertz CT molecular complexity index is 557. The van der Waals surface area contributed by atoms with Crippen molar-refractivity contribution in [1.29, 1.82) is 0 Å². The molecule has 6 heteroatoms. The lowest BCUT2D eigenvalue weighted by molar-refractivity contribution is 0.0178. The van der Waals surface area contributed by atoms with Crippen LogP contribution in [-0.2, 0) is 4.74 Å². The summed E-state index contributed by atoms with van der Waals surface area (Å²) in [6, 6.07) is 5.51. The second-order valence-corrected chi connectivity index (χ2v) is 6.29. The van der Waals surface area contributed by atoms with Crippen LogP contribution in [0.4, 0.5) is 5.69 Å². The molecular weight excluding hydrogens is 318 g/mol. The van der Waals surface area contributed by atoms with Crippen LogP contribution in [0.3, 0.4) is 0 Å². The van der Waals surface area contributed by atoms with E-state index in [1.54, 1.807) is 14.2 Å². The summed E-state index contributed by atoms with van der Waals surface area (Å²) in [5, 5.41) is 3.09. The molecule has 0 spiro atoms. The number of hydrogen-bond donors (Lipinski definition) is 2. The Morgan fingerprint density at radius 2 is 2.04 bits per heavy atom. The molecule has 0 saturated heterocycles. The van der Waals surface area contributed by atoms with Gasteiger partial charge in [0, 0.05) is 19.2 Å². The zero-order valence-electron chi connectivity index (χ0n) is 15.6. The minimum Gasteiger partial charge on any atom is -0.497 e. The van der Waals surface area contributed by atoms with E-state index in [0.29, 0.717) is 24.2 Å². The third-order valence-corrected chi connectivity index (χ3v) is 4.67. The molecule has 140 valence electrons. The first kappa shape index (κ1) is 19.4. The summed E-state index contributed by atoms with van der Waals surface area (Å²) in [6.45, 7) is 3.45. The summed E-state index contributed by atoms with van der Waals surface area (Å²) in [5.41, 5.74) is 6.77. The largest absolute Gasteiger partial charge is 0.497 e. The van der Waals surface area contributed by atoms with Crippen LogP contribution >= 0.6 is 0 Å². The fourth-order valence-corrected chi connectivity index (χ4v) is 3.40. The van der Waals surface area contributed by atoms with E-state index < -0.39 is 0 Å². The van der Waals surface area contributed by atoms with Crippen molar-refractivity contribution in [3.63, 3.8) is 0 Å². The number of ether oxygens (including phenoxy) is 3. The third-order valence-electron chi connectivity index (χ3n) is 4.67. The topological polar surface area (TPSA) is 78.1 Å². The fourth-order valence-electron chi connectivity index (χ4n) is 3.40. The fraction of sp³-hybridized carbons (Fsp3) is 0.632. The number of anilines is 1. The molecule has 1 unspecified atom stereocenters. The van der Waals surface area contributed by atoms with Gasteiger partial charge in [-0.1, -0.05) is 12.8 Å². The highest BCUT2D eigenvalue weighted by Crippen LogP contribution is 2.31. The van der Waals surface area contributed by atoms with Crippen molar-refractivity contribution in [2.24, 2.45) is 16.6 Å². The van der Waals surface area contributed by atoms with E-state index in [4.69, 9.17) is 19.9 Å². The maximum atomic E-state index is 6.04. The van der Waals surface area contributed by atoms with Crippen molar-refractivity contribution in [3.05, 3.63) is 18.2 Å². The highest BCUT2D eigenvalue weighted by molar-refractivity contribution is 5.94. The average Bonchev–Trinajstić information content (AvgIpc) is 3.15. The highest BCUT2D eigenvalue weighted by Gasteiger charge is 2.24. The summed E-state index contributed by atoms with van der Waals surface area (Å²) in [4.78, 5) is 4.45. The van der Waals surface area contributed by atoms with E-state index in [0.717, 1.165) is 24.5 Å². The Hall–Kier alpha value is -1.95. The lowest BCUT2D eigenvalue weighted by Gasteiger charge is -2.22. The number of benzene rings is 1. The van der Waals surface area contributed by atoms with Crippen molar-refractivity contribution >= 4 is 11.6 Å². The van der Waals surface area contributed by atoms with Crippen LogP contribution in [0, 0.1) is 5.92 Å². The van der Waals surface area contributed by atoms with Crippen LogP contribution < -0.4 is 20.5 Å². The molecule has 1 atom stereocenters. The standard InChI is InChI=1S/C19H31N3O3/c1-4-25-17(14-7-5-6-8-14)11-12-21-19(20)22-16-13-15(23-2)9-10-18(16)24-3/h9-10,13-14,17H,4-8,11-12H2,1-3H3,(H3,20,21,22). The first-order valence-corrected chi connectivity index (χ1v) is 9.08. The van der Waals surface area contributed by atoms with E-state index in [9.17, 15) is 0 Å². The first-order valence-electron chi connectivity index (χ1n) is 9.08. The van der Waals surface area contributed by atoms with Crippen LogP contribution in [-0.4, -0.2) is 39.4 Å². The van der Waals surface area contributed by atoms with Gasteiger partial charge in [0.05, 0.1) is 26.0 Å². The molecule has 0 aliphatic heterocycles. The number of nitrogens with two attached hydrogens (primary N) is 1. The molecule has 0 radical (unpaired) electrons. The zero-order valence-corrected chi connectivity index (χ0v) is 15.6. The van der Waals surface area contributed by atoms with Crippen molar-refractivity contribution in [2.75, 3.05) is 32.7 Å². The van der Waals surface area contributed by atoms with Crippen LogP contribution in [0.5, 0.6) is 11.5 Å². The van der Waals surface area contributed by atoms with E-state index >= 15 is 0 Å². The van der Waals surface area contributed by atoms with E-state index in [1.165, 1.54) is 25.7 Å². The molecule has 1 aliphatic rings. The number of nitrogens with zero attached hydrogens (tertiary/aromatic N) is 1. The van der Waals surface area contributed by atoms with Gasteiger partial charge < -0.3 is 25.3 Å². The van der Waals surface area contributed by atoms with Gasteiger partial charge in [-0.15, -0.1) is 0 Å². The van der Waals surface area contributed by atoms with E-state index in [2.05, 4.69) is 17.2 Å². The number of hydrogen-bond acceptors (Lipinski definition) is 4. The smallest absolute Gasteiger partial charge is 0.193 e. The summed E-state index contributed by atoms with van der Waals surface area (Å²) in [7, 11) is 3.24. The molecule has 1 aliphatic carbocycles. The monoisotopic (exact) mass is 349 g/mol. The molecule has 25 heavy (non-hydrogen) atoms. The Balaban J connectivity index is 1.92. The van der Waals surface area contributed by atoms with Gasteiger partial charge in [-0.25, -0.2) is 0 Å². The van der Waals surface area contributed by atoms with Crippen LogP contribution in [0.25, 0.3) is 0 Å². The Labute approximate surface area is 150 Å². The Morgan fingerprint density at radius 3 is 2.68 bits per heavy atom. The second-order valence-electron chi connectivity index (χ2n) is 6.29. The summed E-state index contributed by atoms with van der Waals surface area (Å²) >= 11 is 0. The number of rotatable bonds is 9. The van der Waals surface area contributed by atoms with Gasteiger partial charge >= 0.3 is 0 Å². The second kappa shape index (κ2) is 10.1. The minimum absolute atomic E-state index is 0.287. The van der Waals surface area contributed by atoms with Gasteiger partial charge in [-0.3, -0.25) is 4.99 Å². The van der Waals surface area contributed by atoms with Crippen LogP contribution in [0.1, 0.15) is 39.0 Å². The van der Waals surface area contributed by atoms with Crippen LogP contribution in [0.15, 0.2) is 23.2 Å². The molecule has 0 heterocycles. The summed E-state index contributed by atoms with van der Waals surface area (Å²) < 4.78 is 16.5. The Kier molecular flexibility index (Phi) is 7.85. The van der Waals surface area contributed by atoms with Crippen molar-refractivity contribution in [2.45, 2.75) is 45.1 Å². The van der Waals surface area contributed by atoms with Crippen molar-refractivity contribution in [3.8, 4) is 11.5 Å². The molecular formula is C19H31N3O3. The van der Waals surface area contributed by atoms with Gasteiger partial charge in [-0.05, 0) is 44.2 Å². The minimum atomic E-state index is 0.287. The molecule has 1 aromatic carbocycles. The predicted octanol–water partition coefficient (Wildman–Crippen LogP) is 3.42. The van der Waals surface area contributed by atoms with Gasteiger partial charge in [0.15, 0.2) is 5.96 Å². The third kappa shape index (κ3) is 5.81.